The van der Waals surface area contributed by atoms with E-state index in [2.05, 4.69) is 40.7 Å². The number of ether oxygens (including phenoxy) is 1. The first-order valence-electron chi connectivity index (χ1n) is 6.02. The van der Waals surface area contributed by atoms with Gasteiger partial charge in [-0.25, -0.2) is 0 Å². The predicted octanol–water partition coefficient (Wildman–Crippen LogP) is 3.89. The second kappa shape index (κ2) is 5.23. The van der Waals surface area contributed by atoms with Gasteiger partial charge in [0.1, 0.15) is 11.8 Å². The molecule has 1 rings (SSSR count). The molecule has 0 spiro atoms. The minimum Gasteiger partial charge on any atom is -0.492 e. The van der Waals surface area contributed by atoms with Crippen molar-refractivity contribution in [1.29, 1.82) is 5.26 Å². The van der Waals surface area contributed by atoms with Crippen molar-refractivity contribution in [2.24, 2.45) is 5.92 Å². The first-order chi connectivity index (χ1) is 7.84. The summed E-state index contributed by atoms with van der Waals surface area (Å²) in [4.78, 5) is 0. The number of nitrogens with zero attached hydrogens (tertiary/aromatic N) is 1. The lowest BCUT2D eigenvalue weighted by molar-refractivity contribution is 0.270. The van der Waals surface area contributed by atoms with E-state index in [-0.39, 0.29) is 5.41 Å². The summed E-state index contributed by atoms with van der Waals surface area (Å²) >= 11 is 0. The van der Waals surface area contributed by atoms with Crippen molar-refractivity contribution in [3.63, 3.8) is 0 Å². The van der Waals surface area contributed by atoms with Crippen molar-refractivity contribution in [2.45, 2.75) is 40.0 Å². The fourth-order valence-corrected chi connectivity index (χ4v) is 1.47. The number of benzene rings is 1. The number of nitriles is 1. The first-order valence-corrected chi connectivity index (χ1v) is 6.02. The molecule has 0 amide bonds. The zero-order valence-corrected chi connectivity index (χ0v) is 11.4. The Morgan fingerprint density at radius 1 is 1.29 bits per heavy atom. The van der Waals surface area contributed by atoms with Crippen molar-refractivity contribution in [2.75, 3.05) is 6.61 Å². The van der Waals surface area contributed by atoms with Crippen LogP contribution in [0.3, 0.4) is 0 Å². The lowest BCUT2D eigenvalue weighted by Gasteiger charge is -2.20. The molecule has 2 heteroatoms. The average molecular weight is 231 g/mol. The van der Waals surface area contributed by atoms with Crippen molar-refractivity contribution in [1.82, 2.24) is 0 Å². The molecular weight excluding hydrogens is 210 g/mol. The SMILES string of the molecule is CC(C)COc1ccc(C(C)(C)C)cc1C#N. The first kappa shape index (κ1) is 13.6. The van der Waals surface area contributed by atoms with Gasteiger partial charge in [0.15, 0.2) is 0 Å². The summed E-state index contributed by atoms with van der Waals surface area (Å²) in [5.41, 5.74) is 1.84. The van der Waals surface area contributed by atoms with Crippen molar-refractivity contribution in [3.8, 4) is 11.8 Å². The molecule has 0 aliphatic rings. The van der Waals surface area contributed by atoms with Crippen LogP contribution in [-0.2, 0) is 5.41 Å². The molecule has 0 aromatic heterocycles. The van der Waals surface area contributed by atoms with Crippen LogP contribution in [0.15, 0.2) is 18.2 Å². The molecule has 17 heavy (non-hydrogen) atoms. The van der Waals surface area contributed by atoms with Crippen LogP contribution >= 0.6 is 0 Å². The van der Waals surface area contributed by atoms with Crippen LogP contribution < -0.4 is 4.74 Å². The van der Waals surface area contributed by atoms with E-state index in [0.717, 1.165) is 5.56 Å². The van der Waals surface area contributed by atoms with Gasteiger partial charge in [0.2, 0.25) is 0 Å². The van der Waals surface area contributed by atoms with E-state index in [9.17, 15) is 0 Å². The molecule has 2 nitrogen and oxygen atoms in total. The molecule has 92 valence electrons. The Bertz CT molecular complexity index is 422. The van der Waals surface area contributed by atoms with Crippen LogP contribution in [0, 0.1) is 17.2 Å². The third-order valence-electron chi connectivity index (χ3n) is 2.54. The van der Waals surface area contributed by atoms with Crippen LogP contribution in [0.25, 0.3) is 0 Å². The summed E-state index contributed by atoms with van der Waals surface area (Å²) in [7, 11) is 0. The standard InChI is InChI=1S/C15H21NO/c1-11(2)10-17-14-7-6-13(15(3,4)5)8-12(14)9-16/h6-8,11H,10H2,1-5H3. The maximum absolute atomic E-state index is 9.14. The highest BCUT2D eigenvalue weighted by atomic mass is 16.5. The van der Waals surface area contributed by atoms with E-state index in [1.165, 1.54) is 0 Å². The number of hydrogen-bond donors (Lipinski definition) is 0. The van der Waals surface area contributed by atoms with Crippen molar-refractivity contribution >= 4 is 0 Å². The summed E-state index contributed by atoms with van der Waals surface area (Å²) in [6.07, 6.45) is 0. The molecule has 0 fully saturated rings. The molecule has 0 bridgehead atoms. The lowest BCUT2D eigenvalue weighted by atomic mass is 9.86. The summed E-state index contributed by atoms with van der Waals surface area (Å²) in [5.74, 6) is 1.15. The fraction of sp³-hybridized carbons (Fsp3) is 0.533. The fourth-order valence-electron chi connectivity index (χ4n) is 1.47. The van der Waals surface area contributed by atoms with Crippen LogP contribution in [0.4, 0.5) is 0 Å². The third-order valence-corrected chi connectivity index (χ3v) is 2.54. The second-order valence-electron chi connectivity index (χ2n) is 5.78. The highest BCUT2D eigenvalue weighted by molar-refractivity contribution is 5.46. The molecule has 0 aliphatic carbocycles. The Morgan fingerprint density at radius 3 is 2.41 bits per heavy atom. The van der Waals surface area contributed by atoms with Gasteiger partial charge in [-0.1, -0.05) is 40.7 Å². The summed E-state index contributed by atoms with van der Waals surface area (Å²) in [5, 5.41) is 9.14. The maximum Gasteiger partial charge on any atom is 0.137 e. The average Bonchev–Trinajstić information content (AvgIpc) is 2.24. The Labute approximate surface area is 104 Å². The van der Waals surface area contributed by atoms with Gasteiger partial charge in [-0.15, -0.1) is 0 Å². The molecule has 0 heterocycles. The molecule has 0 radical (unpaired) electrons. The normalized spacial score (nSPS) is 11.4. The highest BCUT2D eigenvalue weighted by Crippen LogP contribution is 2.27. The maximum atomic E-state index is 9.14. The molecule has 0 N–H and O–H groups in total. The third kappa shape index (κ3) is 3.78. The molecular formula is C15H21NO. The van der Waals surface area contributed by atoms with Gasteiger partial charge >= 0.3 is 0 Å². The minimum absolute atomic E-state index is 0.0577. The Kier molecular flexibility index (Phi) is 4.17. The Morgan fingerprint density at radius 2 is 1.94 bits per heavy atom. The second-order valence-corrected chi connectivity index (χ2v) is 5.78. The Balaban J connectivity index is 2.99. The van der Waals surface area contributed by atoms with E-state index in [1.807, 2.05) is 18.2 Å². The van der Waals surface area contributed by atoms with Crippen molar-refractivity contribution < 1.29 is 4.74 Å². The smallest absolute Gasteiger partial charge is 0.137 e. The molecule has 1 aromatic rings. The predicted molar refractivity (Wildman–Crippen MR) is 70.2 cm³/mol. The van der Waals surface area contributed by atoms with Crippen LogP contribution in [0.2, 0.25) is 0 Å². The number of hydrogen-bond acceptors (Lipinski definition) is 2. The highest BCUT2D eigenvalue weighted by Gasteiger charge is 2.16. The van der Waals surface area contributed by atoms with Gasteiger partial charge < -0.3 is 4.74 Å². The number of rotatable bonds is 3. The van der Waals surface area contributed by atoms with E-state index < -0.39 is 0 Å². The van der Waals surface area contributed by atoms with Crippen LogP contribution in [0.5, 0.6) is 5.75 Å². The van der Waals surface area contributed by atoms with Crippen LogP contribution in [-0.4, -0.2) is 6.61 Å². The largest absolute Gasteiger partial charge is 0.492 e. The topological polar surface area (TPSA) is 33.0 Å². The van der Waals surface area contributed by atoms with Gasteiger partial charge in [0.05, 0.1) is 12.2 Å². The molecule has 0 unspecified atom stereocenters. The lowest BCUT2D eigenvalue weighted by Crippen LogP contribution is -2.12. The molecule has 0 atom stereocenters. The quantitative estimate of drug-likeness (QED) is 0.790. The van der Waals surface area contributed by atoms with Gasteiger partial charge in [-0.05, 0) is 29.0 Å². The van der Waals surface area contributed by atoms with Gasteiger partial charge in [0.25, 0.3) is 0 Å². The van der Waals surface area contributed by atoms with E-state index in [1.54, 1.807) is 0 Å². The summed E-state index contributed by atoms with van der Waals surface area (Å²) in [6.45, 7) is 11.2. The zero-order valence-electron chi connectivity index (χ0n) is 11.4. The van der Waals surface area contributed by atoms with Crippen molar-refractivity contribution in [3.05, 3.63) is 29.3 Å². The Hall–Kier alpha value is -1.49. The van der Waals surface area contributed by atoms with Gasteiger partial charge in [-0.2, -0.15) is 5.26 Å². The monoisotopic (exact) mass is 231 g/mol. The van der Waals surface area contributed by atoms with Crippen LogP contribution in [0.1, 0.15) is 45.7 Å². The molecule has 1 aromatic carbocycles. The van der Waals surface area contributed by atoms with E-state index in [0.29, 0.717) is 23.8 Å². The van der Waals surface area contributed by atoms with E-state index in [4.69, 9.17) is 10.00 Å². The van der Waals surface area contributed by atoms with Gasteiger partial charge in [-0.3, -0.25) is 0 Å². The minimum atomic E-state index is 0.0577. The van der Waals surface area contributed by atoms with E-state index >= 15 is 0 Å². The molecule has 0 saturated carbocycles. The van der Waals surface area contributed by atoms with Gasteiger partial charge in [0, 0.05) is 0 Å². The molecule has 0 saturated heterocycles. The summed E-state index contributed by atoms with van der Waals surface area (Å²) < 4.78 is 5.63. The zero-order chi connectivity index (χ0) is 13.1. The summed E-state index contributed by atoms with van der Waals surface area (Å²) in [6, 6.07) is 8.08. The molecule has 0 aliphatic heterocycles.